The monoisotopic (exact) mass is 203 g/mol. The van der Waals surface area contributed by atoms with Gasteiger partial charge in [0.05, 0.1) is 11.1 Å². The molecule has 1 rings (SSSR count). The van der Waals surface area contributed by atoms with E-state index in [0.29, 0.717) is 22.4 Å². The second-order valence-corrected chi connectivity index (χ2v) is 3.86. The van der Waals surface area contributed by atoms with Crippen LogP contribution in [0.3, 0.4) is 0 Å². The van der Waals surface area contributed by atoms with E-state index in [1.165, 1.54) is 6.08 Å². The molecule has 1 aromatic rings. The molecule has 0 aliphatic carbocycles. The van der Waals surface area contributed by atoms with Gasteiger partial charge in [-0.05, 0) is 19.9 Å². The van der Waals surface area contributed by atoms with Gasteiger partial charge in [-0.25, -0.2) is 0 Å². The highest BCUT2D eigenvalue weighted by Gasteiger charge is 2.06. The van der Waals surface area contributed by atoms with Crippen LogP contribution < -0.4 is 0 Å². The van der Waals surface area contributed by atoms with Crippen LogP contribution in [0.1, 0.15) is 17.0 Å². The Hall–Kier alpha value is -1.14. The SMILES string of the molecule is Cc1noc(C)c1C=CS(=O)(=O)O. The maximum absolute atomic E-state index is 10.4. The zero-order valence-corrected chi connectivity index (χ0v) is 8.00. The molecular formula is C7H9NO4S. The summed E-state index contributed by atoms with van der Waals surface area (Å²) >= 11 is 0. The van der Waals surface area contributed by atoms with Crippen molar-refractivity contribution in [3.05, 3.63) is 22.4 Å². The van der Waals surface area contributed by atoms with Crippen LogP contribution in [0.25, 0.3) is 6.08 Å². The Bertz CT molecular complexity index is 410. The molecule has 1 N–H and O–H groups in total. The molecule has 0 saturated heterocycles. The number of aryl methyl sites for hydroxylation is 2. The molecule has 0 radical (unpaired) electrons. The van der Waals surface area contributed by atoms with Crippen molar-refractivity contribution in [2.75, 3.05) is 0 Å². The van der Waals surface area contributed by atoms with Crippen molar-refractivity contribution < 1.29 is 17.5 Å². The summed E-state index contributed by atoms with van der Waals surface area (Å²) < 4.78 is 33.9. The lowest BCUT2D eigenvalue weighted by atomic mass is 10.2. The van der Waals surface area contributed by atoms with E-state index in [1.807, 2.05) is 0 Å². The first-order valence-corrected chi connectivity index (χ1v) is 4.99. The van der Waals surface area contributed by atoms with Gasteiger partial charge in [0.1, 0.15) is 5.76 Å². The van der Waals surface area contributed by atoms with Crippen LogP contribution in [0.2, 0.25) is 0 Å². The molecular weight excluding hydrogens is 194 g/mol. The third-order valence-corrected chi connectivity index (χ3v) is 1.98. The average molecular weight is 203 g/mol. The van der Waals surface area contributed by atoms with E-state index in [4.69, 9.17) is 9.08 Å². The normalized spacial score (nSPS) is 12.5. The molecule has 0 aliphatic rings. The lowest BCUT2D eigenvalue weighted by Gasteiger charge is -1.87. The quantitative estimate of drug-likeness (QED) is 0.729. The predicted octanol–water partition coefficient (Wildman–Crippen LogP) is 1.15. The first-order chi connectivity index (χ1) is 5.90. The lowest BCUT2D eigenvalue weighted by Crippen LogP contribution is -1.89. The Morgan fingerprint density at radius 3 is 2.46 bits per heavy atom. The van der Waals surface area contributed by atoms with Gasteiger partial charge in [0, 0.05) is 5.56 Å². The molecule has 0 aromatic carbocycles. The molecule has 1 heterocycles. The summed E-state index contributed by atoms with van der Waals surface area (Å²) in [5, 5.41) is 4.31. The Balaban J connectivity index is 3.05. The summed E-state index contributed by atoms with van der Waals surface area (Å²) in [5.41, 5.74) is 1.15. The van der Waals surface area contributed by atoms with Crippen LogP contribution in [0, 0.1) is 13.8 Å². The molecule has 13 heavy (non-hydrogen) atoms. The molecule has 0 aliphatic heterocycles. The van der Waals surface area contributed by atoms with Crippen LogP contribution in [0.5, 0.6) is 0 Å². The van der Waals surface area contributed by atoms with Gasteiger partial charge in [0.2, 0.25) is 0 Å². The minimum absolute atomic E-state index is 0.511. The molecule has 0 atom stereocenters. The summed E-state index contributed by atoms with van der Waals surface area (Å²) in [6, 6.07) is 0. The fourth-order valence-corrected chi connectivity index (χ4v) is 1.19. The zero-order valence-electron chi connectivity index (χ0n) is 7.18. The summed E-state index contributed by atoms with van der Waals surface area (Å²) in [4.78, 5) is 0. The molecule has 1 aromatic heterocycles. The topological polar surface area (TPSA) is 80.4 Å². The third-order valence-electron chi connectivity index (χ3n) is 1.50. The minimum Gasteiger partial charge on any atom is -0.361 e. The van der Waals surface area contributed by atoms with Gasteiger partial charge in [0.25, 0.3) is 10.1 Å². The van der Waals surface area contributed by atoms with Gasteiger partial charge >= 0.3 is 0 Å². The standard InChI is InChI=1S/C7H9NO4S/c1-5-7(6(2)12-8-5)3-4-13(9,10)11/h3-4H,1-2H3,(H,9,10,11). The Labute approximate surface area is 75.8 Å². The number of hydrogen-bond acceptors (Lipinski definition) is 4. The molecule has 0 bridgehead atoms. The second kappa shape index (κ2) is 3.31. The first-order valence-electron chi connectivity index (χ1n) is 3.48. The van der Waals surface area contributed by atoms with E-state index in [0.717, 1.165) is 0 Å². The van der Waals surface area contributed by atoms with Crippen LogP contribution in [-0.4, -0.2) is 18.1 Å². The maximum atomic E-state index is 10.4. The van der Waals surface area contributed by atoms with Gasteiger partial charge in [-0.15, -0.1) is 0 Å². The Kier molecular flexibility index (Phi) is 2.53. The summed E-state index contributed by atoms with van der Waals surface area (Å²) in [6.45, 7) is 3.34. The van der Waals surface area contributed by atoms with Crippen LogP contribution in [-0.2, 0) is 10.1 Å². The Morgan fingerprint density at radius 2 is 2.08 bits per heavy atom. The smallest absolute Gasteiger partial charge is 0.287 e. The van der Waals surface area contributed by atoms with E-state index in [9.17, 15) is 8.42 Å². The van der Waals surface area contributed by atoms with Gasteiger partial charge in [-0.2, -0.15) is 8.42 Å². The summed E-state index contributed by atoms with van der Waals surface area (Å²) in [5.74, 6) is 0.511. The van der Waals surface area contributed by atoms with Crippen molar-refractivity contribution in [3.8, 4) is 0 Å². The van der Waals surface area contributed by atoms with Gasteiger partial charge in [-0.3, -0.25) is 4.55 Å². The molecule has 72 valence electrons. The Morgan fingerprint density at radius 1 is 1.46 bits per heavy atom. The highest BCUT2D eigenvalue weighted by molar-refractivity contribution is 7.88. The summed E-state index contributed by atoms with van der Waals surface area (Å²) in [6.07, 6.45) is 1.25. The maximum Gasteiger partial charge on any atom is 0.287 e. The van der Waals surface area contributed by atoms with Gasteiger partial charge in [-0.1, -0.05) is 5.16 Å². The highest BCUT2D eigenvalue weighted by Crippen LogP contribution is 2.14. The van der Waals surface area contributed by atoms with E-state index >= 15 is 0 Å². The lowest BCUT2D eigenvalue weighted by molar-refractivity contribution is 0.393. The average Bonchev–Trinajstić information content (AvgIpc) is 2.27. The fraction of sp³-hybridized carbons (Fsp3) is 0.286. The number of rotatable bonds is 2. The molecule has 0 saturated carbocycles. The van der Waals surface area contributed by atoms with E-state index in [-0.39, 0.29) is 0 Å². The van der Waals surface area contributed by atoms with Gasteiger partial charge < -0.3 is 4.52 Å². The predicted molar refractivity (Wildman–Crippen MR) is 46.6 cm³/mol. The van der Waals surface area contributed by atoms with E-state index in [2.05, 4.69) is 5.16 Å². The van der Waals surface area contributed by atoms with E-state index < -0.39 is 10.1 Å². The van der Waals surface area contributed by atoms with E-state index in [1.54, 1.807) is 13.8 Å². The minimum atomic E-state index is -4.08. The largest absolute Gasteiger partial charge is 0.361 e. The second-order valence-electron chi connectivity index (χ2n) is 2.56. The molecule has 0 fully saturated rings. The van der Waals surface area contributed by atoms with Crippen molar-refractivity contribution in [1.82, 2.24) is 5.16 Å². The molecule has 0 spiro atoms. The van der Waals surface area contributed by atoms with Crippen molar-refractivity contribution in [2.24, 2.45) is 0 Å². The van der Waals surface area contributed by atoms with Crippen LogP contribution in [0.4, 0.5) is 0 Å². The third kappa shape index (κ3) is 2.67. The van der Waals surface area contributed by atoms with Crippen molar-refractivity contribution in [1.29, 1.82) is 0 Å². The van der Waals surface area contributed by atoms with Crippen molar-refractivity contribution in [2.45, 2.75) is 13.8 Å². The zero-order chi connectivity index (χ0) is 10.1. The highest BCUT2D eigenvalue weighted by atomic mass is 32.2. The van der Waals surface area contributed by atoms with Crippen LogP contribution >= 0.6 is 0 Å². The molecule has 0 amide bonds. The molecule has 0 unspecified atom stereocenters. The van der Waals surface area contributed by atoms with Gasteiger partial charge in [0.15, 0.2) is 0 Å². The van der Waals surface area contributed by atoms with Crippen molar-refractivity contribution in [3.63, 3.8) is 0 Å². The number of nitrogens with zero attached hydrogens (tertiary/aromatic N) is 1. The fourth-order valence-electron chi connectivity index (χ4n) is 0.882. The number of hydrogen-bond donors (Lipinski definition) is 1. The first kappa shape index (κ1) is 9.94. The molecule has 5 nitrogen and oxygen atoms in total. The number of aromatic nitrogens is 1. The van der Waals surface area contributed by atoms with Crippen LogP contribution in [0.15, 0.2) is 9.93 Å². The summed E-state index contributed by atoms with van der Waals surface area (Å²) in [7, 11) is -4.08. The molecule has 6 heteroatoms. The van der Waals surface area contributed by atoms with Crippen molar-refractivity contribution >= 4 is 16.2 Å².